The normalized spacial score (nSPS) is 18.6. The molecule has 1 atom stereocenters. The van der Waals surface area contributed by atoms with Crippen LogP contribution in [0.15, 0.2) is 23.8 Å². The second-order valence-electron chi connectivity index (χ2n) is 5.17. The lowest BCUT2D eigenvalue weighted by Gasteiger charge is -2.21. The average molecular weight is 277 g/mol. The van der Waals surface area contributed by atoms with Crippen LogP contribution in [-0.4, -0.2) is 19.9 Å². The Bertz CT molecular complexity index is 503. The minimum atomic E-state index is -0.533. The predicted octanol–water partition coefficient (Wildman–Crippen LogP) is 3.12. The molecular weight excluding hydrogens is 258 g/mol. The Balaban J connectivity index is 1.64. The summed E-state index contributed by atoms with van der Waals surface area (Å²) in [6.07, 6.45) is 10.2. The smallest absolute Gasteiger partial charge is 0.122 e. The highest BCUT2D eigenvalue weighted by molar-refractivity contribution is 7.09. The summed E-state index contributed by atoms with van der Waals surface area (Å²) in [7, 11) is 0. The molecule has 0 spiro atoms. The van der Waals surface area contributed by atoms with Crippen molar-refractivity contribution >= 4 is 11.3 Å². The number of thiazole rings is 1. The Hall–Kier alpha value is -1.20. The summed E-state index contributed by atoms with van der Waals surface area (Å²) >= 11 is 1.49. The number of rotatable bonds is 4. The molecule has 1 N–H and O–H groups in total. The molecule has 1 aliphatic rings. The first-order chi connectivity index (χ1) is 9.33. The molecule has 4 nitrogen and oxygen atoms in total. The Morgan fingerprint density at radius 3 is 2.95 bits per heavy atom. The zero-order chi connectivity index (χ0) is 13.1. The predicted molar refractivity (Wildman–Crippen MR) is 75.1 cm³/mol. The number of hydrogen-bond donors (Lipinski definition) is 1. The average Bonchev–Trinajstić information content (AvgIpc) is 3.11. The van der Waals surface area contributed by atoms with Gasteiger partial charge in [0.15, 0.2) is 0 Å². The Morgan fingerprint density at radius 1 is 1.37 bits per heavy atom. The van der Waals surface area contributed by atoms with Crippen molar-refractivity contribution in [1.29, 1.82) is 0 Å². The topological polar surface area (TPSA) is 50.9 Å². The van der Waals surface area contributed by atoms with E-state index in [0.717, 1.165) is 10.7 Å². The highest BCUT2D eigenvalue weighted by atomic mass is 32.1. The standard InChI is InChI=1S/C14H19N3OS/c18-13(14-15-7-9-19-14)10-11-6-8-17(16-11)12-4-2-1-3-5-12/h6-9,12-13,18H,1-5,10H2. The van der Waals surface area contributed by atoms with Crippen molar-refractivity contribution in [3.8, 4) is 0 Å². The summed E-state index contributed by atoms with van der Waals surface area (Å²) < 4.78 is 2.09. The van der Waals surface area contributed by atoms with E-state index in [9.17, 15) is 5.11 Å². The minimum absolute atomic E-state index is 0.533. The number of hydrogen-bond acceptors (Lipinski definition) is 4. The molecule has 2 aromatic rings. The maximum atomic E-state index is 10.1. The van der Waals surface area contributed by atoms with Gasteiger partial charge in [-0.05, 0) is 18.9 Å². The van der Waals surface area contributed by atoms with Gasteiger partial charge in [-0.1, -0.05) is 19.3 Å². The van der Waals surface area contributed by atoms with E-state index < -0.39 is 6.10 Å². The van der Waals surface area contributed by atoms with E-state index in [4.69, 9.17) is 0 Å². The minimum Gasteiger partial charge on any atom is -0.386 e. The molecule has 0 aliphatic heterocycles. The quantitative estimate of drug-likeness (QED) is 0.934. The zero-order valence-corrected chi connectivity index (χ0v) is 11.7. The SMILES string of the molecule is OC(Cc1ccn(C2CCCCC2)n1)c1nccs1. The van der Waals surface area contributed by atoms with E-state index in [2.05, 4.69) is 21.0 Å². The van der Waals surface area contributed by atoms with Crippen LogP contribution in [-0.2, 0) is 6.42 Å². The first kappa shape index (κ1) is 12.8. The van der Waals surface area contributed by atoms with Crippen LogP contribution in [0.3, 0.4) is 0 Å². The highest BCUT2D eigenvalue weighted by Gasteiger charge is 2.17. The van der Waals surface area contributed by atoms with Gasteiger partial charge in [-0.15, -0.1) is 11.3 Å². The van der Waals surface area contributed by atoms with Gasteiger partial charge in [0.2, 0.25) is 0 Å². The lowest BCUT2D eigenvalue weighted by atomic mass is 9.96. The number of aliphatic hydroxyl groups is 1. The van der Waals surface area contributed by atoms with Gasteiger partial charge in [0.05, 0.1) is 11.7 Å². The van der Waals surface area contributed by atoms with Crippen molar-refractivity contribution in [2.24, 2.45) is 0 Å². The van der Waals surface area contributed by atoms with Crippen molar-refractivity contribution < 1.29 is 5.11 Å². The van der Waals surface area contributed by atoms with E-state index in [1.807, 2.05) is 11.4 Å². The summed E-state index contributed by atoms with van der Waals surface area (Å²) in [5.74, 6) is 0. The largest absolute Gasteiger partial charge is 0.386 e. The molecule has 19 heavy (non-hydrogen) atoms. The van der Waals surface area contributed by atoms with E-state index in [0.29, 0.717) is 12.5 Å². The second kappa shape index (κ2) is 5.84. The van der Waals surface area contributed by atoms with Gasteiger partial charge in [-0.3, -0.25) is 4.68 Å². The molecular formula is C14H19N3OS. The maximum Gasteiger partial charge on any atom is 0.122 e. The fraction of sp³-hybridized carbons (Fsp3) is 0.571. The van der Waals surface area contributed by atoms with Crippen molar-refractivity contribution in [2.45, 2.75) is 50.7 Å². The van der Waals surface area contributed by atoms with Crippen LogP contribution in [0.2, 0.25) is 0 Å². The summed E-state index contributed by atoms with van der Waals surface area (Å²) in [4.78, 5) is 4.14. The molecule has 2 heterocycles. The van der Waals surface area contributed by atoms with Gasteiger partial charge in [-0.2, -0.15) is 5.10 Å². The number of aliphatic hydroxyl groups excluding tert-OH is 1. The summed E-state index contributed by atoms with van der Waals surface area (Å²) in [6, 6.07) is 2.57. The molecule has 2 aromatic heterocycles. The number of nitrogens with zero attached hydrogens (tertiary/aromatic N) is 3. The molecule has 1 saturated carbocycles. The van der Waals surface area contributed by atoms with Crippen molar-refractivity contribution in [3.63, 3.8) is 0 Å². The van der Waals surface area contributed by atoms with E-state index in [-0.39, 0.29) is 0 Å². The lowest BCUT2D eigenvalue weighted by molar-refractivity contribution is 0.176. The molecule has 3 rings (SSSR count). The molecule has 1 unspecified atom stereocenters. The van der Waals surface area contributed by atoms with Crippen LogP contribution in [0.25, 0.3) is 0 Å². The zero-order valence-electron chi connectivity index (χ0n) is 10.9. The van der Waals surface area contributed by atoms with Crippen LogP contribution in [0, 0.1) is 0 Å². The summed E-state index contributed by atoms with van der Waals surface area (Å²) in [5.41, 5.74) is 0.952. The van der Waals surface area contributed by atoms with Crippen LogP contribution < -0.4 is 0 Å². The maximum absolute atomic E-state index is 10.1. The van der Waals surface area contributed by atoms with Gasteiger partial charge in [0, 0.05) is 24.2 Å². The first-order valence-corrected chi connectivity index (χ1v) is 7.82. The third-order valence-corrected chi connectivity index (χ3v) is 4.63. The van der Waals surface area contributed by atoms with Crippen molar-refractivity contribution in [1.82, 2.24) is 14.8 Å². The Kier molecular flexibility index (Phi) is 3.94. The molecule has 0 saturated heterocycles. The molecule has 5 heteroatoms. The Morgan fingerprint density at radius 2 is 2.21 bits per heavy atom. The van der Waals surface area contributed by atoms with Crippen molar-refractivity contribution in [3.05, 3.63) is 34.5 Å². The molecule has 1 fully saturated rings. The fourth-order valence-electron chi connectivity index (χ4n) is 2.72. The molecule has 0 radical (unpaired) electrons. The van der Waals surface area contributed by atoms with Crippen molar-refractivity contribution in [2.75, 3.05) is 0 Å². The molecule has 0 amide bonds. The van der Waals surface area contributed by atoms with Crippen LogP contribution >= 0.6 is 11.3 Å². The third-order valence-electron chi connectivity index (χ3n) is 3.75. The lowest BCUT2D eigenvalue weighted by Crippen LogP contribution is -2.13. The van der Waals surface area contributed by atoms with Gasteiger partial charge < -0.3 is 5.11 Å². The molecule has 102 valence electrons. The fourth-order valence-corrected chi connectivity index (χ4v) is 3.34. The van der Waals surface area contributed by atoms with Gasteiger partial charge >= 0.3 is 0 Å². The number of aromatic nitrogens is 3. The molecule has 0 bridgehead atoms. The summed E-state index contributed by atoms with van der Waals surface area (Å²) in [5, 5.41) is 17.4. The van der Waals surface area contributed by atoms with E-state index in [1.165, 1.54) is 43.4 Å². The van der Waals surface area contributed by atoms with Gasteiger partial charge in [0.25, 0.3) is 0 Å². The molecule has 1 aliphatic carbocycles. The Labute approximate surface area is 117 Å². The van der Waals surface area contributed by atoms with Gasteiger partial charge in [-0.25, -0.2) is 4.98 Å². The second-order valence-corrected chi connectivity index (χ2v) is 6.10. The van der Waals surface area contributed by atoms with Crippen LogP contribution in [0.4, 0.5) is 0 Å². The van der Waals surface area contributed by atoms with E-state index in [1.54, 1.807) is 6.20 Å². The highest BCUT2D eigenvalue weighted by Crippen LogP contribution is 2.28. The third kappa shape index (κ3) is 3.04. The monoisotopic (exact) mass is 277 g/mol. The first-order valence-electron chi connectivity index (χ1n) is 6.94. The summed E-state index contributed by atoms with van der Waals surface area (Å²) in [6.45, 7) is 0. The van der Waals surface area contributed by atoms with Crippen LogP contribution in [0.1, 0.15) is 55.0 Å². The molecule has 0 aromatic carbocycles. The van der Waals surface area contributed by atoms with Gasteiger partial charge in [0.1, 0.15) is 11.1 Å². The van der Waals surface area contributed by atoms with E-state index >= 15 is 0 Å². The van der Waals surface area contributed by atoms with Crippen LogP contribution in [0.5, 0.6) is 0 Å².